The molecule has 2 rings (SSSR count). The summed E-state index contributed by atoms with van der Waals surface area (Å²) < 4.78 is 23.5. The standard InChI is InChI=1S/C7H4Cl2N2O2S/c8-5-1-2-6-10-3-7(11(6)4-5)14(9,12)13/h1-4H. The van der Waals surface area contributed by atoms with Gasteiger partial charge in [0.15, 0.2) is 5.03 Å². The van der Waals surface area contributed by atoms with Crippen molar-refractivity contribution in [2.24, 2.45) is 0 Å². The first-order valence-electron chi connectivity index (χ1n) is 3.56. The van der Waals surface area contributed by atoms with E-state index in [4.69, 9.17) is 22.3 Å². The molecule has 2 aromatic rings. The largest absolute Gasteiger partial charge is 0.288 e. The van der Waals surface area contributed by atoms with Gasteiger partial charge in [0.1, 0.15) is 5.65 Å². The van der Waals surface area contributed by atoms with Crippen LogP contribution in [0.25, 0.3) is 5.65 Å². The first kappa shape index (κ1) is 9.76. The number of hydrogen-bond donors (Lipinski definition) is 0. The lowest BCUT2D eigenvalue weighted by molar-refractivity contribution is 0.605. The number of halogens is 2. The Balaban J connectivity index is 2.87. The summed E-state index contributed by atoms with van der Waals surface area (Å²) in [6.07, 6.45) is 2.63. The molecule has 2 heterocycles. The van der Waals surface area contributed by atoms with Crippen LogP contribution >= 0.6 is 22.3 Å². The van der Waals surface area contributed by atoms with Gasteiger partial charge in [-0.15, -0.1) is 0 Å². The maximum atomic E-state index is 11.1. The van der Waals surface area contributed by atoms with Gasteiger partial charge in [0, 0.05) is 16.9 Å². The molecule has 2 aromatic heterocycles. The van der Waals surface area contributed by atoms with E-state index >= 15 is 0 Å². The molecule has 7 heteroatoms. The molecule has 14 heavy (non-hydrogen) atoms. The number of fused-ring (bicyclic) bond motifs is 1. The number of nitrogens with zero attached hydrogens (tertiary/aromatic N) is 2. The van der Waals surface area contributed by atoms with Gasteiger partial charge < -0.3 is 0 Å². The van der Waals surface area contributed by atoms with Crippen molar-refractivity contribution >= 4 is 37.0 Å². The maximum absolute atomic E-state index is 11.1. The minimum atomic E-state index is -3.79. The summed E-state index contributed by atoms with van der Waals surface area (Å²) in [5.41, 5.74) is 0.480. The molecule has 0 bridgehead atoms. The molecule has 0 spiro atoms. The minimum Gasteiger partial charge on any atom is -0.288 e. The third-order valence-corrected chi connectivity index (χ3v) is 3.18. The predicted molar refractivity (Wildman–Crippen MR) is 53.2 cm³/mol. The normalized spacial score (nSPS) is 12.1. The molecular formula is C7H4Cl2N2O2S. The van der Waals surface area contributed by atoms with Gasteiger partial charge in [-0.3, -0.25) is 4.40 Å². The summed E-state index contributed by atoms with van der Waals surface area (Å²) in [5, 5.41) is 0.328. The average Bonchev–Trinajstić information content (AvgIpc) is 2.45. The second kappa shape index (κ2) is 3.12. The van der Waals surface area contributed by atoms with E-state index in [0.29, 0.717) is 10.7 Å². The van der Waals surface area contributed by atoms with Crippen LogP contribution in [0.15, 0.2) is 29.6 Å². The Morgan fingerprint density at radius 3 is 2.71 bits per heavy atom. The van der Waals surface area contributed by atoms with Crippen LogP contribution < -0.4 is 0 Å². The molecule has 0 aliphatic carbocycles. The highest BCUT2D eigenvalue weighted by atomic mass is 35.7. The van der Waals surface area contributed by atoms with Crippen LogP contribution in [0.1, 0.15) is 0 Å². The van der Waals surface area contributed by atoms with Crippen LogP contribution in [-0.2, 0) is 9.05 Å². The van der Waals surface area contributed by atoms with Crippen LogP contribution in [0, 0.1) is 0 Å². The smallest absolute Gasteiger partial charge is 0.278 e. The molecule has 0 radical (unpaired) electrons. The lowest BCUT2D eigenvalue weighted by Gasteiger charge is -1.97. The number of aromatic nitrogens is 2. The Labute approximate surface area is 89.5 Å². The first-order chi connectivity index (χ1) is 6.48. The van der Waals surface area contributed by atoms with Gasteiger partial charge in [0.25, 0.3) is 9.05 Å². The van der Waals surface area contributed by atoms with Crippen molar-refractivity contribution in [1.82, 2.24) is 9.38 Å². The molecule has 0 amide bonds. The maximum Gasteiger partial charge on any atom is 0.278 e. The molecule has 74 valence electrons. The fourth-order valence-electron chi connectivity index (χ4n) is 1.11. The highest BCUT2D eigenvalue weighted by molar-refractivity contribution is 8.13. The lowest BCUT2D eigenvalue weighted by Crippen LogP contribution is -1.96. The number of hydrogen-bond acceptors (Lipinski definition) is 3. The van der Waals surface area contributed by atoms with E-state index in [9.17, 15) is 8.42 Å². The molecule has 0 aliphatic rings. The lowest BCUT2D eigenvalue weighted by atomic mass is 10.5. The van der Waals surface area contributed by atoms with Crippen molar-refractivity contribution in [3.8, 4) is 0 Å². The molecule has 4 nitrogen and oxygen atoms in total. The van der Waals surface area contributed by atoms with Gasteiger partial charge in [0.2, 0.25) is 0 Å². The van der Waals surface area contributed by atoms with Crippen molar-refractivity contribution in [1.29, 1.82) is 0 Å². The van der Waals surface area contributed by atoms with Gasteiger partial charge in [0.05, 0.1) is 11.2 Å². The van der Waals surface area contributed by atoms with Gasteiger partial charge in [-0.2, -0.15) is 0 Å². The van der Waals surface area contributed by atoms with E-state index < -0.39 is 9.05 Å². The minimum absolute atomic E-state index is 0.0864. The molecule has 0 saturated heterocycles. The molecule has 0 N–H and O–H groups in total. The molecule has 0 fully saturated rings. The SMILES string of the molecule is O=S(=O)(Cl)c1cnc2ccc(Cl)cn12. The van der Waals surface area contributed by atoms with Gasteiger partial charge in [-0.1, -0.05) is 11.6 Å². The van der Waals surface area contributed by atoms with E-state index in [2.05, 4.69) is 4.98 Å². The molecule has 0 unspecified atom stereocenters. The van der Waals surface area contributed by atoms with Crippen molar-refractivity contribution in [2.45, 2.75) is 5.03 Å². The summed E-state index contributed by atoms with van der Waals surface area (Å²) in [4.78, 5) is 3.87. The summed E-state index contributed by atoms with van der Waals surface area (Å²) in [7, 11) is 1.41. The average molecular weight is 251 g/mol. The second-order valence-corrected chi connectivity index (χ2v) is 5.56. The van der Waals surface area contributed by atoms with Crippen molar-refractivity contribution in [3.63, 3.8) is 0 Å². The monoisotopic (exact) mass is 250 g/mol. The zero-order chi connectivity index (χ0) is 10.3. The Kier molecular flexibility index (Phi) is 2.17. The van der Waals surface area contributed by atoms with E-state index in [1.165, 1.54) is 16.8 Å². The predicted octanol–water partition coefficient (Wildman–Crippen LogP) is 1.92. The third-order valence-electron chi connectivity index (χ3n) is 1.69. The number of rotatable bonds is 1. The number of pyridine rings is 1. The second-order valence-electron chi connectivity index (χ2n) is 2.61. The van der Waals surface area contributed by atoms with E-state index in [-0.39, 0.29) is 5.03 Å². The van der Waals surface area contributed by atoms with E-state index in [1.807, 2.05) is 0 Å². The molecule has 0 aliphatic heterocycles. The Bertz CT molecular complexity index is 591. The van der Waals surface area contributed by atoms with Gasteiger partial charge in [-0.05, 0) is 12.1 Å². The zero-order valence-electron chi connectivity index (χ0n) is 6.68. The first-order valence-corrected chi connectivity index (χ1v) is 6.24. The molecular weight excluding hydrogens is 247 g/mol. The van der Waals surface area contributed by atoms with Crippen LogP contribution in [0.5, 0.6) is 0 Å². The fraction of sp³-hybridized carbons (Fsp3) is 0. The van der Waals surface area contributed by atoms with Crippen LogP contribution in [0.2, 0.25) is 5.02 Å². The van der Waals surface area contributed by atoms with Crippen molar-refractivity contribution in [2.75, 3.05) is 0 Å². The summed E-state index contributed by atoms with van der Waals surface area (Å²) in [6, 6.07) is 3.22. The molecule has 0 saturated carbocycles. The Hall–Kier alpha value is -0.780. The summed E-state index contributed by atoms with van der Waals surface area (Å²) in [6.45, 7) is 0. The Morgan fingerprint density at radius 2 is 2.07 bits per heavy atom. The van der Waals surface area contributed by atoms with Gasteiger partial charge in [-0.25, -0.2) is 13.4 Å². The van der Waals surface area contributed by atoms with E-state index in [1.54, 1.807) is 12.1 Å². The van der Waals surface area contributed by atoms with Gasteiger partial charge >= 0.3 is 0 Å². The topological polar surface area (TPSA) is 51.4 Å². The number of imidazole rings is 1. The molecule has 0 aromatic carbocycles. The highest BCUT2D eigenvalue weighted by Crippen LogP contribution is 2.18. The van der Waals surface area contributed by atoms with Crippen LogP contribution in [0.3, 0.4) is 0 Å². The Morgan fingerprint density at radius 1 is 1.36 bits per heavy atom. The highest BCUT2D eigenvalue weighted by Gasteiger charge is 2.15. The quantitative estimate of drug-likeness (QED) is 0.727. The summed E-state index contributed by atoms with van der Waals surface area (Å²) in [5.74, 6) is 0. The fourth-order valence-corrected chi connectivity index (χ4v) is 2.18. The zero-order valence-corrected chi connectivity index (χ0v) is 9.01. The van der Waals surface area contributed by atoms with E-state index in [0.717, 1.165) is 0 Å². The van der Waals surface area contributed by atoms with Crippen molar-refractivity contribution < 1.29 is 8.42 Å². The van der Waals surface area contributed by atoms with Crippen molar-refractivity contribution in [3.05, 3.63) is 29.5 Å². The van der Waals surface area contributed by atoms with Crippen LogP contribution in [0.4, 0.5) is 0 Å². The molecule has 0 atom stereocenters. The summed E-state index contributed by atoms with van der Waals surface area (Å²) >= 11 is 5.71. The third kappa shape index (κ3) is 1.58. The van der Waals surface area contributed by atoms with Crippen LogP contribution in [-0.4, -0.2) is 17.8 Å².